The first-order valence-electron chi connectivity index (χ1n) is 4.55. The fourth-order valence-electron chi connectivity index (χ4n) is 0.725. The molecule has 0 saturated heterocycles. The van der Waals surface area contributed by atoms with Crippen molar-refractivity contribution < 1.29 is 0 Å². The molecule has 13 heavy (non-hydrogen) atoms. The van der Waals surface area contributed by atoms with Crippen molar-refractivity contribution in [1.29, 1.82) is 0 Å². The molecule has 2 heteroatoms. The third kappa shape index (κ3) is 8.20. The monoisotopic (exact) mass is 216 g/mol. The Hall–Kier alpha value is -0.140. The van der Waals surface area contributed by atoms with Gasteiger partial charge in [0.2, 0.25) is 0 Å². The number of rotatable bonds is 3. The zero-order valence-corrected chi connectivity index (χ0v) is 9.69. The minimum Gasteiger partial charge on any atom is -0.179 e. The molecule has 0 aliphatic carbocycles. The first-order valence-corrected chi connectivity index (χ1v) is 5.72. The minimum atomic E-state index is 0.612. The van der Waals surface area contributed by atoms with Crippen LogP contribution in [0.1, 0.15) is 25.3 Å². The molecule has 0 bridgehead atoms. The number of unbranched alkanes of at least 4 members (excludes halogenated alkanes) is 1. The summed E-state index contributed by atoms with van der Waals surface area (Å²) < 4.78 is 0. The summed E-state index contributed by atoms with van der Waals surface area (Å²) in [6.45, 7) is 2.16. The van der Waals surface area contributed by atoms with E-state index in [0.717, 1.165) is 5.75 Å². The molecule has 0 heterocycles. The maximum absolute atomic E-state index is 5.53. The third-order valence-corrected chi connectivity index (χ3v) is 2.13. The molecule has 74 valence electrons. The predicted octanol–water partition coefficient (Wildman–Crippen LogP) is 4.14. The van der Waals surface area contributed by atoms with Crippen molar-refractivity contribution in [1.82, 2.24) is 0 Å². The molecule has 0 N–H and O–H groups in total. The summed E-state index contributed by atoms with van der Waals surface area (Å²) in [5.41, 5.74) is 1.18. The Labute approximate surface area is 91.7 Å². The summed E-state index contributed by atoms with van der Waals surface area (Å²) in [6.07, 6.45) is 2.52. The predicted molar refractivity (Wildman–Crippen MR) is 64.8 cm³/mol. The van der Waals surface area contributed by atoms with Crippen molar-refractivity contribution in [2.45, 2.75) is 25.6 Å². The fraction of sp³-hybridized carbons (Fsp3) is 0.455. The summed E-state index contributed by atoms with van der Waals surface area (Å²) in [5, 5.41) is 0. The van der Waals surface area contributed by atoms with Crippen molar-refractivity contribution in [3.05, 3.63) is 35.9 Å². The normalized spacial score (nSPS) is 8.85. The molecule has 0 aliphatic rings. The molecule has 0 unspecified atom stereocenters. The van der Waals surface area contributed by atoms with Crippen molar-refractivity contribution in [2.75, 3.05) is 5.75 Å². The Balaban J connectivity index is 0.000000252. The standard InChI is InChI=1S/C7H7Cl.C4H10S/c8-6-7-4-2-1-3-5-7;1-2-3-4-5/h1-5H,6H2;5H,2-4H2,1H3. The molecule has 0 fully saturated rings. The highest BCUT2D eigenvalue weighted by atomic mass is 35.5. The molecule has 0 saturated carbocycles. The van der Waals surface area contributed by atoms with Crippen molar-refractivity contribution in [3.8, 4) is 0 Å². The summed E-state index contributed by atoms with van der Waals surface area (Å²) >= 11 is 9.53. The summed E-state index contributed by atoms with van der Waals surface area (Å²) in [7, 11) is 0. The fourth-order valence-corrected chi connectivity index (χ4v) is 1.22. The van der Waals surface area contributed by atoms with E-state index in [2.05, 4.69) is 19.6 Å². The van der Waals surface area contributed by atoms with Gasteiger partial charge in [0.25, 0.3) is 0 Å². The van der Waals surface area contributed by atoms with Crippen molar-refractivity contribution in [2.24, 2.45) is 0 Å². The average molecular weight is 217 g/mol. The lowest BCUT2D eigenvalue weighted by atomic mass is 10.2. The highest BCUT2D eigenvalue weighted by Crippen LogP contribution is 2.00. The SMILES string of the molecule is CCCCS.ClCc1ccccc1. The number of alkyl halides is 1. The first-order chi connectivity index (χ1) is 6.35. The van der Waals surface area contributed by atoms with Crippen LogP contribution in [-0.2, 0) is 5.88 Å². The van der Waals surface area contributed by atoms with Crippen LogP contribution in [0.5, 0.6) is 0 Å². The van der Waals surface area contributed by atoms with Crippen LogP contribution in [0.3, 0.4) is 0 Å². The summed E-state index contributed by atoms with van der Waals surface area (Å²) in [6, 6.07) is 9.96. The van der Waals surface area contributed by atoms with Crippen LogP contribution in [0.15, 0.2) is 30.3 Å². The van der Waals surface area contributed by atoms with Crippen LogP contribution >= 0.6 is 24.2 Å². The molecular formula is C11H17ClS. The van der Waals surface area contributed by atoms with Crippen molar-refractivity contribution in [3.63, 3.8) is 0 Å². The molecule has 0 aliphatic heterocycles. The van der Waals surface area contributed by atoms with E-state index in [1.807, 2.05) is 30.3 Å². The number of hydrogen-bond acceptors (Lipinski definition) is 1. The number of hydrogen-bond donors (Lipinski definition) is 1. The number of thiol groups is 1. The maximum Gasteiger partial charge on any atom is 0.0474 e. The lowest BCUT2D eigenvalue weighted by molar-refractivity contribution is 0.899. The van der Waals surface area contributed by atoms with Gasteiger partial charge in [-0.2, -0.15) is 12.6 Å². The minimum absolute atomic E-state index is 0.612. The second kappa shape index (κ2) is 9.94. The molecule has 0 spiro atoms. The van der Waals surface area contributed by atoms with Gasteiger partial charge in [0.1, 0.15) is 0 Å². The number of halogens is 1. The molecule has 0 amide bonds. The van der Waals surface area contributed by atoms with Gasteiger partial charge in [-0.25, -0.2) is 0 Å². The van der Waals surface area contributed by atoms with Gasteiger partial charge in [-0.3, -0.25) is 0 Å². The molecular weight excluding hydrogens is 200 g/mol. The van der Waals surface area contributed by atoms with Crippen LogP contribution in [0.2, 0.25) is 0 Å². The molecule has 1 rings (SSSR count). The van der Waals surface area contributed by atoms with E-state index in [9.17, 15) is 0 Å². The van der Waals surface area contributed by atoms with Gasteiger partial charge >= 0.3 is 0 Å². The second-order valence-electron chi connectivity index (χ2n) is 2.70. The molecule has 0 radical (unpaired) electrons. The van der Waals surface area contributed by atoms with Crippen LogP contribution < -0.4 is 0 Å². The van der Waals surface area contributed by atoms with Gasteiger partial charge < -0.3 is 0 Å². The largest absolute Gasteiger partial charge is 0.179 e. The molecule has 0 aromatic heterocycles. The topological polar surface area (TPSA) is 0 Å². The lowest BCUT2D eigenvalue weighted by Gasteiger charge is -1.88. The van der Waals surface area contributed by atoms with Gasteiger partial charge in [0, 0.05) is 5.88 Å². The van der Waals surface area contributed by atoms with E-state index in [0.29, 0.717) is 5.88 Å². The molecule has 0 nitrogen and oxygen atoms in total. The summed E-state index contributed by atoms with van der Waals surface area (Å²) in [4.78, 5) is 0. The van der Waals surface area contributed by atoms with Gasteiger partial charge in [-0.05, 0) is 17.7 Å². The Kier molecular flexibility index (Phi) is 9.84. The highest BCUT2D eigenvalue weighted by Gasteiger charge is 1.81. The second-order valence-corrected chi connectivity index (χ2v) is 3.41. The molecule has 0 atom stereocenters. The zero-order valence-electron chi connectivity index (χ0n) is 8.04. The van der Waals surface area contributed by atoms with Gasteiger partial charge in [-0.15, -0.1) is 11.6 Å². The average Bonchev–Trinajstić information content (AvgIpc) is 2.21. The van der Waals surface area contributed by atoms with Crippen LogP contribution in [0, 0.1) is 0 Å². The van der Waals surface area contributed by atoms with E-state index < -0.39 is 0 Å². The van der Waals surface area contributed by atoms with E-state index >= 15 is 0 Å². The van der Waals surface area contributed by atoms with Crippen LogP contribution in [0.25, 0.3) is 0 Å². The molecule has 1 aromatic rings. The van der Waals surface area contributed by atoms with E-state index in [4.69, 9.17) is 11.6 Å². The van der Waals surface area contributed by atoms with Gasteiger partial charge in [0.15, 0.2) is 0 Å². The first kappa shape index (κ1) is 12.9. The van der Waals surface area contributed by atoms with Crippen LogP contribution in [0.4, 0.5) is 0 Å². The Bertz CT molecular complexity index is 185. The Morgan fingerprint density at radius 2 is 1.85 bits per heavy atom. The van der Waals surface area contributed by atoms with Crippen molar-refractivity contribution >= 4 is 24.2 Å². The smallest absolute Gasteiger partial charge is 0.0474 e. The molecule has 1 aromatic carbocycles. The highest BCUT2D eigenvalue weighted by molar-refractivity contribution is 7.80. The van der Waals surface area contributed by atoms with Gasteiger partial charge in [-0.1, -0.05) is 43.7 Å². The third-order valence-electron chi connectivity index (χ3n) is 1.51. The maximum atomic E-state index is 5.53. The quantitative estimate of drug-likeness (QED) is 0.570. The summed E-state index contributed by atoms with van der Waals surface area (Å²) in [5.74, 6) is 1.65. The Morgan fingerprint density at radius 3 is 2.08 bits per heavy atom. The van der Waals surface area contributed by atoms with E-state index in [1.165, 1.54) is 18.4 Å². The lowest BCUT2D eigenvalue weighted by Crippen LogP contribution is -1.71. The Morgan fingerprint density at radius 1 is 1.23 bits per heavy atom. The van der Waals surface area contributed by atoms with E-state index in [-0.39, 0.29) is 0 Å². The van der Waals surface area contributed by atoms with Crippen LogP contribution in [-0.4, -0.2) is 5.75 Å². The van der Waals surface area contributed by atoms with E-state index in [1.54, 1.807) is 0 Å². The van der Waals surface area contributed by atoms with Gasteiger partial charge in [0.05, 0.1) is 0 Å². The zero-order chi connectivity index (χ0) is 9.94. The number of benzene rings is 1.